The normalized spacial score (nSPS) is 10.7. The second kappa shape index (κ2) is 8.04. The van der Waals surface area contributed by atoms with Crippen molar-refractivity contribution in [1.82, 2.24) is 0 Å². The van der Waals surface area contributed by atoms with Gasteiger partial charge in [0.25, 0.3) is 0 Å². The summed E-state index contributed by atoms with van der Waals surface area (Å²) in [6.07, 6.45) is 1.32. The summed E-state index contributed by atoms with van der Waals surface area (Å²) < 4.78 is 12.9. The van der Waals surface area contributed by atoms with Gasteiger partial charge in [0, 0.05) is 12.1 Å². The fraction of sp³-hybridized carbons (Fsp3) is 0.500. The van der Waals surface area contributed by atoms with Crippen molar-refractivity contribution in [2.75, 3.05) is 22.6 Å². The Morgan fingerprint density at radius 2 is 2.21 bits per heavy atom. The summed E-state index contributed by atoms with van der Waals surface area (Å²) in [7, 11) is 0. The molecule has 0 aliphatic heterocycles. The number of amides is 1. The average Bonchev–Trinajstić information content (AvgIpc) is 2.33. The van der Waals surface area contributed by atoms with Crippen LogP contribution < -0.4 is 11.1 Å². The van der Waals surface area contributed by atoms with Crippen molar-refractivity contribution in [3.8, 4) is 0 Å². The molecule has 1 aromatic rings. The first kappa shape index (κ1) is 15.8. The SMILES string of the molecule is CC(C)CSCCCC(=O)Nc1ccc(F)c(N)c1. The van der Waals surface area contributed by atoms with Crippen LogP contribution in [-0.2, 0) is 4.79 Å². The molecule has 0 bridgehead atoms. The number of anilines is 2. The van der Waals surface area contributed by atoms with Gasteiger partial charge in [-0.3, -0.25) is 4.79 Å². The van der Waals surface area contributed by atoms with Gasteiger partial charge in [-0.2, -0.15) is 11.8 Å². The molecular formula is C14H21FN2OS. The first-order valence-corrected chi connectivity index (χ1v) is 7.57. The monoisotopic (exact) mass is 284 g/mol. The minimum atomic E-state index is -0.469. The molecule has 0 unspecified atom stereocenters. The van der Waals surface area contributed by atoms with Gasteiger partial charge in [0.2, 0.25) is 5.91 Å². The van der Waals surface area contributed by atoms with Crippen LogP contribution in [0.25, 0.3) is 0 Å². The molecule has 3 N–H and O–H groups in total. The first-order valence-electron chi connectivity index (χ1n) is 6.41. The molecule has 0 aliphatic carbocycles. The van der Waals surface area contributed by atoms with Crippen molar-refractivity contribution in [2.45, 2.75) is 26.7 Å². The molecule has 0 radical (unpaired) electrons. The van der Waals surface area contributed by atoms with Crippen LogP contribution in [0.1, 0.15) is 26.7 Å². The molecular weight excluding hydrogens is 263 g/mol. The number of nitrogens with one attached hydrogen (secondary N) is 1. The molecule has 1 rings (SSSR count). The number of benzene rings is 1. The van der Waals surface area contributed by atoms with E-state index in [0.717, 1.165) is 17.9 Å². The maximum absolute atomic E-state index is 12.9. The standard InChI is InChI=1S/C14H21FN2OS/c1-10(2)9-19-7-3-4-14(18)17-11-5-6-12(15)13(16)8-11/h5-6,8,10H,3-4,7,9,16H2,1-2H3,(H,17,18). The molecule has 0 saturated heterocycles. The Labute approximate surface area is 118 Å². The summed E-state index contributed by atoms with van der Waals surface area (Å²) in [6, 6.07) is 4.20. The molecule has 0 saturated carbocycles. The number of nitrogen functional groups attached to an aromatic ring is 1. The third-order valence-electron chi connectivity index (χ3n) is 2.42. The zero-order chi connectivity index (χ0) is 14.3. The summed E-state index contributed by atoms with van der Waals surface area (Å²) in [5.41, 5.74) is 6.02. The fourth-order valence-electron chi connectivity index (χ4n) is 1.50. The lowest BCUT2D eigenvalue weighted by Gasteiger charge is -2.07. The molecule has 3 nitrogen and oxygen atoms in total. The van der Waals surface area contributed by atoms with E-state index in [0.29, 0.717) is 18.0 Å². The van der Waals surface area contributed by atoms with Gasteiger partial charge in [0.05, 0.1) is 5.69 Å². The van der Waals surface area contributed by atoms with E-state index < -0.39 is 5.82 Å². The molecule has 0 spiro atoms. The predicted octanol–water partition coefficient (Wildman–Crippen LogP) is 3.52. The smallest absolute Gasteiger partial charge is 0.224 e. The van der Waals surface area contributed by atoms with Crippen LogP contribution in [0.5, 0.6) is 0 Å². The van der Waals surface area contributed by atoms with Crippen LogP contribution >= 0.6 is 11.8 Å². The Hall–Kier alpha value is -1.23. The minimum absolute atomic E-state index is 0.0466. The molecule has 1 aromatic carbocycles. The lowest BCUT2D eigenvalue weighted by molar-refractivity contribution is -0.116. The molecule has 0 aliphatic rings. The summed E-state index contributed by atoms with van der Waals surface area (Å²) >= 11 is 1.86. The van der Waals surface area contributed by atoms with Crippen molar-refractivity contribution in [3.63, 3.8) is 0 Å². The van der Waals surface area contributed by atoms with E-state index >= 15 is 0 Å². The minimum Gasteiger partial charge on any atom is -0.396 e. The third-order valence-corrected chi connectivity index (χ3v) is 3.90. The summed E-state index contributed by atoms with van der Waals surface area (Å²) in [5, 5.41) is 2.71. The van der Waals surface area contributed by atoms with Gasteiger partial charge in [0.15, 0.2) is 0 Å². The molecule has 19 heavy (non-hydrogen) atoms. The van der Waals surface area contributed by atoms with Crippen LogP contribution in [0, 0.1) is 11.7 Å². The Morgan fingerprint density at radius 1 is 1.47 bits per heavy atom. The Kier molecular flexibility index (Phi) is 6.70. The van der Waals surface area contributed by atoms with Crippen molar-refractivity contribution >= 4 is 29.0 Å². The van der Waals surface area contributed by atoms with Gasteiger partial charge in [-0.25, -0.2) is 4.39 Å². The van der Waals surface area contributed by atoms with Crippen LogP contribution in [0.4, 0.5) is 15.8 Å². The number of carbonyl (C=O) groups excluding carboxylic acids is 1. The summed E-state index contributed by atoms with van der Waals surface area (Å²) in [5.74, 6) is 2.26. The topological polar surface area (TPSA) is 55.1 Å². The number of halogens is 1. The maximum Gasteiger partial charge on any atom is 0.224 e. The number of hydrogen-bond acceptors (Lipinski definition) is 3. The van der Waals surface area contributed by atoms with Crippen molar-refractivity contribution in [3.05, 3.63) is 24.0 Å². The fourth-order valence-corrected chi connectivity index (χ4v) is 2.49. The van der Waals surface area contributed by atoms with Gasteiger partial charge >= 0.3 is 0 Å². The number of thioether (sulfide) groups is 1. The molecule has 0 heterocycles. The lowest BCUT2D eigenvalue weighted by atomic mass is 10.2. The van der Waals surface area contributed by atoms with E-state index in [-0.39, 0.29) is 11.6 Å². The second-order valence-electron chi connectivity index (χ2n) is 4.86. The lowest BCUT2D eigenvalue weighted by Crippen LogP contribution is -2.12. The van der Waals surface area contributed by atoms with Gasteiger partial charge in [-0.1, -0.05) is 13.8 Å². The molecule has 106 valence electrons. The quantitative estimate of drug-likeness (QED) is 0.595. The largest absolute Gasteiger partial charge is 0.396 e. The van der Waals surface area contributed by atoms with E-state index in [1.54, 1.807) is 0 Å². The van der Waals surface area contributed by atoms with Crippen molar-refractivity contribution in [1.29, 1.82) is 0 Å². The van der Waals surface area contributed by atoms with Crippen LogP contribution in [-0.4, -0.2) is 17.4 Å². The molecule has 1 amide bonds. The van der Waals surface area contributed by atoms with Gasteiger partial charge in [0.1, 0.15) is 5.82 Å². The van der Waals surface area contributed by atoms with E-state index in [9.17, 15) is 9.18 Å². The zero-order valence-corrected chi connectivity index (χ0v) is 12.2. The van der Waals surface area contributed by atoms with Crippen molar-refractivity contribution < 1.29 is 9.18 Å². The predicted molar refractivity (Wildman–Crippen MR) is 80.8 cm³/mol. The molecule has 0 fully saturated rings. The highest BCUT2D eigenvalue weighted by atomic mass is 32.2. The summed E-state index contributed by atoms with van der Waals surface area (Å²) in [4.78, 5) is 11.7. The van der Waals surface area contributed by atoms with E-state index in [1.165, 1.54) is 18.2 Å². The second-order valence-corrected chi connectivity index (χ2v) is 6.01. The summed E-state index contributed by atoms with van der Waals surface area (Å²) in [6.45, 7) is 4.36. The third kappa shape index (κ3) is 6.47. The van der Waals surface area contributed by atoms with E-state index in [4.69, 9.17) is 5.73 Å². The van der Waals surface area contributed by atoms with Crippen molar-refractivity contribution in [2.24, 2.45) is 5.92 Å². The molecule has 0 aromatic heterocycles. The molecule has 5 heteroatoms. The van der Waals surface area contributed by atoms with Gasteiger partial charge < -0.3 is 11.1 Å². The van der Waals surface area contributed by atoms with Crippen LogP contribution in [0.15, 0.2) is 18.2 Å². The highest BCUT2D eigenvalue weighted by Crippen LogP contribution is 2.17. The van der Waals surface area contributed by atoms with E-state index in [2.05, 4.69) is 19.2 Å². The van der Waals surface area contributed by atoms with Crippen LogP contribution in [0.2, 0.25) is 0 Å². The maximum atomic E-state index is 12.9. The number of hydrogen-bond donors (Lipinski definition) is 2. The Morgan fingerprint density at radius 3 is 2.84 bits per heavy atom. The Bertz CT molecular complexity index is 424. The highest BCUT2D eigenvalue weighted by molar-refractivity contribution is 7.99. The van der Waals surface area contributed by atoms with Gasteiger partial charge in [-0.05, 0) is 42.0 Å². The zero-order valence-electron chi connectivity index (χ0n) is 11.4. The number of rotatable bonds is 7. The number of nitrogens with two attached hydrogens (primary N) is 1. The Balaban J connectivity index is 2.25. The first-order chi connectivity index (χ1) is 8.99. The van der Waals surface area contributed by atoms with E-state index in [1.807, 2.05) is 11.8 Å². The number of carbonyl (C=O) groups is 1. The highest BCUT2D eigenvalue weighted by Gasteiger charge is 2.05. The molecule has 0 atom stereocenters. The average molecular weight is 284 g/mol. The van der Waals surface area contributed by atoms with Crippen LogP contribution in [0.3, 0.4) is 0 Å². The van der Waals surface area contributed by atoms with Gasteiger partial charge in [-0.15, -0.1) is 0 Å².